The highest BCUT2D eigenvalue weighted by atomic mass is 16.4. The van der Waals surface area contributed by atoms with Gasteiger partial charge in [0.05, 0.1) is 29.9 Å². The van der Waals surface area contributed by atoms with E-state index in [4.69, 9.17) is 13.9 Å². The Balaban J connectivity index is 1.30. The molecule has 1 saturated carbocycles. The highest BCUT2D eigenvalue weighted by Crippen LogP contribution is 2.29. The largest absolute Gasteiger partial charge is 0.481 e. The molecule has 4 aromatic rings. The van der Waals surface area contributed by atoms with E-state index in [1.54, 1.807) is 18.6 Å². The zero-order valence-corrected chi connectivity index (χ0v) is 18.1. The molecule has 0 atom stereocenters. The smallest absolute Gasteiger partial charge is 0.306 e. The van der Waals surface area contributed by atoms with Gasteiger partial charge in [-0.3, -0.25) is 9.59 Å². The van der Waals surface area contributed by atoms with Crippen molar-refractivity contribution in [3.05, 3.63) is 66.4 Å². The Morgan fingerprint density at radius 1 is 1.09 bits per heavy atom. The Morgan fingerprint density at radius 2 is 1.88 bits per heavy atom. The minimum absolute atomic E-state index is 0.187. The first kappa shape index (κ1) is 21.1. The molecule has 1 aliphatic rings. The summed E-state index contributed by atoms with van der Waals surface area (Å²) in [7, 11) is 0. The Morgan fingerprint density at radius 3 is 2.64 bits per heavy atom. The number of carbonyl (C=O) groups is 2. The van der Waals surface area contributed by atoms with Crippen LogP contribution in [0.5, 0.6) is 0 Å². The average Bonchev–Trinajstić information content (AvgIpc) is 3.56. The van der Waals surface area contributed by atoms with Crippen molar-refractivity contribution in [2.45, 2.75) is 32.2 Å². The third kappa shape index (κ3) is 4.41. The highest BCUT2D eigenvalue weighted by Gasteiger charge is 2.26. The van der Waals surface area contributed by atoms with Crippen molar-refractivity contribution in [1.29, 1.82) is 0 Å². The van der Waals surface area contributed by atoms with Crippen LogP contribution in [0.1, 0.15) is 41.9 Å². The van der Waals surface area contributed by atoms with Crippen molar-refractivity contribution in [2.24, 2.45) is 11.8 Å². The number of oxazole rings is 1. The van der Waals surface area contributed by atoms with Gasteiger partial charge in [-0.25, -0.2) is 4.98 Å². The zero-order chi connectivity index (χ0) is 22.8. The van der Waals surface area contributed by atoms with Crippen LogP contribution in [-0.2, 0) is 11.3 Å². The van der Waals surface area contributed by atoms with Crippen LogP contribution in [0.15, 0.2) is 63.8 Å². The van der Waals surface area contributed by atoms with E-state index < -0.39 is 5.97 Å². The second kappa shape index (κ2) is 8.97. The van der Waals surface area contributed by atoms with E-state index in [-0.39, 0.29) is 11.8 Å². The fourth-order valence-electron chi connectivity index (χ4n) is 4.53. The summed E-state index contributed by atoms with van der Waals surface area (Å²) >= 11 is 0. The summed E-state index contributed by atoms with van der Waals surface area (Å²) in [5.74, 6) is -0.344. The fraction of sp³-hybridized carbons (Fsp3) is 0.320. The van der Waals surface area contributed by atoms with Gasteiger partial charge < -0.3 is 23.8 Å². The van der Waals surface area contributed by atoms with E-state index in [2.05, 4.69) is 10.3 Å². The number of carboxylic acids is 1. The van der Waals surface area contributed by atoms with Gasteiger partial charge >= 0.3 is 5.97 Å². The Labute approximate surface area is 190 Å². The van der Waals surface area contributed by atoms with Crippen molar-refractivity contribution < 1.29 is 23.5 Å². The number of carbonyl (C=O) groups excluding carboxylic acids is 1. The highest BCUT2D eigenvalue weighted by molar-refractivity contribution is 5.97. The SMILES string of the molecule is O=C(NC[C@H]1CC[C@H](C(=O)O)CC1)c1cc2occc2n1Cc1coc(-c2ccccc2)n1. The summed E-state index contributed by atoms with van der Waals surface area (Å²) in [5.41, 5.74) is 3.53. The standard InChI is InChI=1S/C25H25N3O5/c29-23(26-13-16-6-8-18(9-7-16)25(30)31)21-12-22-20(10-11-32-22)28(21)14-19-15-33-24(27-19)17-4-2-1-3-5-17/h1-5,10-12,15-16,18H,6-9,13-14H2,(H,26,29)(H,30,31)/t16-,18-. The second-order valence-electron chi connectivity index (χ2n) is 8.56. The number of carboxylic acid groups (broad SMARTS) is 1. The number of nitrogens with one attached hydrogen (secondary N) is 1. The topological polar surface area (TPSA) is 110 Å². The van der Waals surface area contributed by atoms with E-state index in [0.717, 1.165) is 23.9 Å². The molecule has 170 valence electrons. The Hall–Kier alpha value is -3.81. The molecular formula is C25H25N3O5. The number of aromatic nitrogens is 2. The number of benzene rings is 1. The number of aliphatic carboxylic acids is 1. The van der Waals surface area contributed by atoms with Crippen LogP contribution in [0.3, 0.4) is 0 Å². The number of hydrogen-bond donors (Lipinski definition) is 2. The van der Waals surface area contributed by atoms with Gasteiger partial charge in [0.15, 0.2) is 5.58 Å². The molecule has 3 aromatic heterocycles. The molecule has 1 amide bonds. The van der Waals surface area contributed by atoms with Gasteiger partial charge in [0.25, 0.3) is 5.91 Å². The number of rotatable bonds is 7. The minimum atomic E-state index is -0.721. The molecule has 1 aliphatic carbocycles. The summed E-state index contributed by atoms with van der Waals surface area (Å²) in [6, 6.07) is 13.2. The molecule has 0 bridgehead atoms. The van der Waals surface area contributed by atoms with E-state index in [1.165, 1.54) is 0 Å². The molecule has 2 N–H and O–H groups in total. The number of hydrogen-bond acceptors (Lipinski definition) is 5. The van der Waals surface area contributed by atoms with Gasteiger partial charge in [-0.2, -0.15) is 0 Å². The lowest BCUT2D eigenvalue weighted by molar-refractivity contribution is -0.143. The van der Waals surface area contributed by atoms with Crippen LogP contribution in [0.25, 0.3) is 22.6 Å². The third-order valence-electron chi connectivity index (χ3n) is 6.40. The summed E-state index contributed by atoms with van der Waals surface area (Å²) in [5, 5.41) is 12.2. The predicted molar refractivity (Wildman–Crippen MR) is 121 cm³/mol. The number of nitrogens with zero attached hydrogens (tertiary/aromatic N) is 2. The number of amides is 1. The van der Waals surface area contributed by atoms with E-state index in [9.17, 15) is 9.59 Å². The van der Waals surface area contributed by atoms with Crippen LogP contribution in [-0.4, -0.2) is 33.1 Å². The van der Waals surface area contributed by atoms with Gasteiger partial charge in [-0.1, -0.05) is 18.2 Å². The quantitative estimate of drug-likeness (QED) is 0.430. The van der Waals surface area contributed by atoms with E-state index >= 15 is 0 Å². The molecule has 8 heteroatoms. The van der Waals surface area contributed by atoms with Crippen LogP contribution < -0.4 is 5.32 Å². The van der Waals surface area contributed by atoms with Gasteiger partial charge in [-0.15, -0.1) is 0 Å². The average molecular weight is 447 g/mol. The van der Waals surface area contributed by atoms with Crippen LogP contribution in [0, 0.1) is 11.8 Å². The number of furan rings is 1. The maximum absolute atomic E-state index is 13.1. The maximum atomic E-state index is 13.1. The first-order valence-electron chi connectivity index (χ1n) is 11.2. The lowest BCUT2D eigenvalue weighted by atomic mass is 9.82. The maximum Gasteiger partial charge on any atom is 0.306 e. The second-order valence-corrected chi connectivity index (χ2v) is 8.56. The molecule has 0 unspecified atom stereocenters. The van der Waals surface area contributed by atoms with Crippen LogP contribution in [0.4, 0.5) is 0 Å². The first-order chi connectivity index (χ1) is 16.1. The predicted octanol–water partition coefficient (Wildman–Crippen LogP) is 4.56. The van der Waals surface area contributed by atoms with Crippen LogP contribution in [0.2, 0.25) is 0 Å². The molecular weight excluding hydrogens is 422 g/mol. The zero-order valence-electron chi connectivity index (χ0n) is 18.1. The molecule has 0 saturated heterocycles. The molecule has 8 nitrogen and oxygen atoms in total. The lowest BCUT2D eigenvalue weighted by Crippen LogP contribution is -2.33. The molecule has 1 fully saturated rings. The molecule has 5 rings (SSSR count). The van der Waals surface area contributed by atoms with Crippen molar-refractivity contribution in [2.75, 3.05) is 6.54 Å². The summed E-state index contributed by atoms with van der Waals surface area (Å²) < 4.78 is 13.1. The van der Waals surface area contributed by atoms with Crippen molar-refractivity contribution in [3.8, 4) is 11.5 Å². The Kier molecular flexibility index (Phi) is 5.73. The number of fused-ring (bicyclic) bond motifs is 1. The molecule has 0 radical (unpaired) electrons. The van der Waals surface area contributed by atoms with Crippen molar-refractivity contribution >= 4 is 23.0 Å². The normalized spacial score (nSPS) is 18.4. The van der Waals surface area contributed by atoms with Crippen molar-refractivity contribution in [3.63, 3.8) is 0 Å². The van der Waals surface area contributed by atoms with Crippen molar-refractivity contribution in [1.82, 2.24) is 14.9 Å². The lowest BCUT2D eigenvalue weighted by Gasteiger charge is -2.26. The summed E-state index contributed by atoms with van der Waals surface area (Å²) in [6.45, 7) is 0.895. The van der Waals surface area contributed by atoms with Gasteiger partial charge in [0, 0.05) is 24.2 Å². The van der Waals surface area contributed by atoms with E-state index in [1.807, 2.05) is 41.0 Å². The molecule has 0 aliphatic heterocycles. The first-order valence-corrected chi connectivity index (χ1v) is 11.2. The minimum Gasteiger partial charge on any atom is -0.481 e. The van der Waals surface area contributed by atoms with Crippen LogP contribution >= 0.6 is 0 Å². The molecule has 3 heterocycles. The summed E-state index contributed by atoms with van der Waals surface area (Å²) in [6.07, 6.45) is 6.15. The molecule has 0 spiro atoms. The van der Waals surface area contributed by atoms with Gasteiger partial charge in [0.1, 0.15) is 12.0 Å². The fourth-order valence-corrected chi connectivity index (χ4v) is 4.53. The van der Waals surface area contributed by atoms with Gasteiger partial charge in [-0.05, 0) is 43.7 Å². The monoisotopic (exact) mass is 447 g/mol. The third-order valence-corrected chi connectivity index (χ3v) is 6.40. The van der Waals surface area contributed by atoms with E-state index in [0.29, 0.717) is 54.7 Å². The Bertz CT molecular complexity index is 1260. The molecule has 33 heavy (non-hydrogen) atoms. The molecule has 1 aromatic carbocycles. The van der Waals surface area contributed by atoms with Gasteiger partial charge in [0.2, 0.25) is 5.89 Å². The summed E-state index contributed by atoms with van der Waals surface area (Å²) in [4.78, 5) is 28.8.